The zero-order valence-corrected chi connectivity index (χ0v) is 10.6. The minimum atomic E-state index is -0.467. The summed E-state index contributed by atoms with van der Waals surface area (Å²) in [7, 11) is 0. The van der Waals surface area contributed by atoms with Gasteiger partial charge in [-0.1, -0.05) is 6.07 Å². The van der Waals surface area contributed by atoms with Crippen molar-refractivity contribution in [3.8, 4) is 0 Å². The van der Waals surface area contributed by atoms with E-state index in [1.165, 1.54) is 18.3 Å². The highest BCUT2D eigenvalue weighted by Crippen LogP contribution is 2.24. The second-order valence-electron chi connectivity index (χ2n) is 4.72. The Morgan fingerprint density at radius 1 is 1.25 bits per heavy atom. The van der Waals surface area contributed by atoms with Crippen LogP contribution >= 0.6 is 0 Å². The number of hydrogen-bond donors (Lipinski definition) is 0. The molecule has 0 bridgehead atoms. The van der Waals surface area contributed by atoms with Crippen molar-refractivity contribution < 1.29 is 9.31 Å². The Morgan fingerprint density at radius 2 is 2.10 bits per heavy atom. The molecular formula is C14H12FN3O2. The van der Waals surface area contributed by atoms with E-state index in [4.69, 9.17) is 0 Å². The van der Waals surface area contributed by atoms with Gasteiger partial charge in [-0.25, -0.2) is 9.37 Å². The molecule has 0 radical (unpaired) electrons. The Labute approximate surface area is 114 Å². The van der Waals surface area contributed by atoms with Gasteiger partial charge in [-0.3, -0.25) is 10.1 Å². The van der Waals surface area contributed by atoms with E-state index < -0.39 is 4.92 Å². The molecule has 1 aliphatic heterocycles. The maximum absolute atomic E-state index is 13.1. The highest BCUT2D eigenvalue weighted by molar-refractivity contribution is 5.46. The molecule has 0 aliphatic carbocycles. The van der Waals surface area contributed by atoms with Gasteiger partial charge >= 0.3 is 0 Å². The van der Waals surface area contributed by atoms with Crippen LogP contribution < -0.4 is 4.90 Å². The van der Waals surface area contributed by atoms with Crippen molar-refractivity contribution in [1.29, 1.82) is 0 Å². The summed E-state index contributed by atoms with van der Waals surface area (Å²) < 4.78 is 13.1. The van der Waals surface area contributed by atoms with Crippen molar-refractivity contribution in [2.24, 2.45) is 0 Å². The largest absolute Gasteiger partial charge is 0.352 e. The average molecular weight is 273 g/mol. The molecule has 102 valence electrons. The van der Waals surface area contributed by atoms with Gasteiger partial charge in [-0.05, 0) is 35.7 Å². The quantitative estimate of drug-likeness (QED) is 0.623. The Morgan fingerprint density at radius 3 is 2.80 bits per heavy atom. The van der Waals surface area contributed by atoms with Crippen LogP contribution in [0.5, 0.6) is 0 Å². The molecule has 1 aliphatic rings. The van der Waals surface area contributed by atoms with E-state index in [1.54, 1.807) is 18.2 Å². The maximum Gasteiger partial charge on any atom is 0.287 e. The third kappa shape index (κ3) is 2.32. The monoisotopic (exact) mass is 273 g/mol. The van der Waals surface area contributed by atoms with Crippen LogP contribution in [0.2, 0.25) is 0 Å². The van der Waals surface area contributed by atoms with E-state index in [0.29, 0.717) is 12.4 Å². The number of benzene rings is 1. The molecule has 0 fully saturated rings. The van der Waals surface area contributed by atoms with Gasteiger partial charge in [0, 0.05) is 19.2 Å². The van der Waals surface area contributed by atoms with E-state index >= 15 is 0 Å². The highest BCUT2D eigenvalue weighted by Gasteiger charge is 2.18. The zero-order valence-electron chi connectivity index (χ0n) is 10.6. The third-order valence-electron chi connectivity index (χ3n) is 3.45. The molecule has 0 spiro atoms. The number of aromatic nitrogens is 1. The summed E-state index contributed by atoms with van der Waals surface area (Å²) in [5.74, 6) is 0.483. The number of nitrogens with zero attached hydrogens (tertiary/aromatic N) is 3. The van der Waals surface area contributed by atoms with Gasteiger partial charge in [0.25, 0.3) is 5.69 Å². The molecule has 5 nitrogen and oxygen atoms in total. The van der Waals surface area contributed by atoms with Crippen molar-refractivity contribution in [1.82, 2.24) is 4.98 Å². The molecule has 1 aromatic carbocycles. The fourth-order valence-electron chi connectivity index (χ4n) is 2.39. The lowest BCUT2D eigenvalue weighted by Gasteiger charge is -2.29. The maximum atomic E-state index is 13.1. The van der Waals surface area contributed by atoms with Crippen LogP contribution in [0.3, 0.4) is 0 Å². The summed E-state index contributed by atoms with van der Waals surface area (Å²) in [5, 5.41) is 10.6. The summed E-state index contributed by atoms with van der Waals surface area (Å²) in [6.07, 6.45) is 2.00. The molecule has 0 saturated carbocycles. The highest BCUT2D eigenvalue weighted by atomic mass is 19.1. The molecule has 2 aromatic rings. The van der Waals surface area contributed by atoms with Gasteiger partial charge in [-0.15, -0.1) is 0 Å². The van der Waals surface area contributed by atoms with E-state index in [-0.39, 0.29) is 11.5 Å². The molecule has 3 rings (SSSR count). The Balaban J connectivity index is 1.83. The second-order valence-corrected chi connectivity index (χ2v) is 4.72. The summed E-state index contributed by atoms with van der Waals surface area (Å²) in [6.45, 7) is 1.36. The van der Waals surface area contributed by atoms with E-state index in [0.717, 1.165) is 24.1 Å². The van der Waals surface area contributed by atoms with E-state index in [9.17, 15) is 14.5 Å². The van der Waals surface area contributed by atoms with Gasteiger partial charge in [0.1, 0.15) is 17.8 Å². The molecule has 0 amide bonds. The molecule has 20 heavy (non-hydrogen) atoms. The molecule has 0 N–H and O–H groups in total. The Kier molecular flexibility index (Phi) is 3.06. The van der Waals surface area contributed by atoms with Crippen molar-refractivity contribution in [3.05, 3.63) is 63.6 Å². The number of pyridine rings is 1. The molecule has 0 unspecified atom stereocenters. The molecule has 0 saturated heterocycles. The topological polar surface area (TPSA) is 59.3 Å². The lowest BCUT2D eigenvalue weighted by Crippen LogP contribution is -2.31. The number of rotatable bonds is 2. The molecule has 6 heteroatoms. The standard InChI is InChI=1S/C14H12FN3O2/c15-12-2-1-11-9-17(6-5-10(11)7-12)14-4-3-13(8-16-14)18(19)20/h1-4,7-8H,5-6,9H2. The van der Waals surface area contributed by atoms with Crippen molar-refractivity contribution in [2.75, 3.05) is 11.4 Å². The molecular weight excluding hydrogens is 261 g/mol. The lowest BCUT2D eigenvalue weighted by atomic mass is 10.00. The van der Waals surface area contributed by atoms with Crippen LogP contribution in [0.25, 0.3) is 0 Å². The van der Waals surface area contributed by atoms with Gasteiger partial charge < -0.3 is 4.90 Å². The number of fused-ring (bicyclic) bond motifs is 1. The molecule has 0 atom stereocenters. The molecule has 1 aromatic heterocycles. The van der Waals surface area contributed by atoms with E-state index in [1.807, 2.05) is 4.90 Å². The fourth-order valence-corrected chi connectivity index (χ4v) is 2.39. The van der Waals surface area contributed by atoms with Crippen LogP contribution in [0.4, 0.5) is 15.9 Å². The first-order valence-electron chi connectivity index (χ1n) is 6.26. The first-order valence-corrected chi connectivity index (χ1v) is 6.26. The summed E-state index contributed by atoms with van der Waals surface area (Å²) in [6, 6.07) is 7.89. The third-order valence-corrected chi connectivity index (χ3v) is 3.45. The van der Waals surface area contributed by atoms with Crippen LogP contribution in [-0.4, -0.2) is 16.5 Å². The molecule has 2 heterocycles. The van der Waals surface area contributed by atoms with Crippen LogP contribution in [0.15, 0.2) is 36.5 Å². The number of hydrogen-bond acceptors (Lipinski definition) is 4. The van der Waals surface area contributed by atoms with Gasteiger partial charge in [0.05, 0.1) is 4.92 Å². The van der Waals surface area contributed by atoms with Gasteiger partial charge in [0.2, 0.25) is 0 Å². The first kappa shape index (κ1) is 12.5. The van der Waals surface area contributed by atoms with Crippen molar-refractivity contribution in [2.45, 2.75) is 13.0 Å². The number of nitro groups is 1. The summed E-state index contributed by atoms with van der Waals surface area (Å²) >= 11 is 0. The minimum absolute atomic E-state index is 0.0202. The predicted molar refractivity (Wildman–Crippen MR) is 72.0 cm³/mol. The lowest BCUT2D eigenvalue weighted by molar-refractivity contribution is -0.385. The van der Waals surface area contributed by atoms with Crippen LogP contribution in [-0.2, 0) is 13.0 Å². The second kappa shape index (κ2) is 4.88. The first-order chi connectivity index (χ1) is 9.63. The Bertz CT molecular complexity index is 658. The van der Waals surface area contributed by atoms with Crippen LogP contribution in [0.1, 0.15) is 11.1 Å². The normalized spacial score (nSPS) is 13.9. The Hall–Kier alpha value is -2.50. The van der Waals surface area contributed by atoms with Crippen molar-refractivity contribution >= 4 is 11.5 Å². The predicted octanol–water partition coefficient (Wildman–Crippen LogP) is 2.69. The van der Waals surface area contributed by atoms with Crippen molar-refractivity contribution in [3.63, 3.8) is 0 Å². The van der Waals surface area contributed by atoms with E-state index in [2.05, 4.69) is 4.98 Å². The number of anilines is 1. The van der Waals surface area contributed by atoms with Gasteiger partial charge in [0.15, 0.2) is 0 Å². The van der Waals surface area contributed by atoms with Gasteiger partial charge in [-0.2, -0.15) is 0 Å². The average Bonchev–Trinajstić information content (AvgIpc) is 2.47. The smallest absolute Gasteiger partial charge is 0.287 e. The van der Waals surface area contributed by atoms with Crippen LogP contribution in [0, 0.1) is 15.9 Å². The zero-order chi connectivity index (χ0) is 14.1. The minimum Gasteiger partial charge on any atom is -0.352 e. The number of halogens is 1. The summed E-state index contributed by atoms with van der Waals surface area (Å²) in [5.41, 5.74) is 2.06. The SMILES string of the molecule is O=[N+]([O-])c1ccc(N2CCc3cc(F)ccc3C2)nc1. The summed E-state index contributed by atoms with van der Waals surface area (Å²) in [4.78, 5) is 16.3. The fraction of sp³-hybridized carbons (Fsp3) is 0.214.